The molecule has 41 heavy (non-hydrogen) atoms. The van der Waals surface area contributed by atoms with Gasteiger partial charge in [-0.25, -0.2) is 8.42 Å². The first-order valence-corrected chi connectivity index (χ1v) is 17.1. The lowest BCUT2D eigenvalue weighted by Gasteiger charge is -2.57. The Labute approximate surface area is 253 Å². The number of nitrogens with zero attached hydrogens (tertiary/aromatic N) is 2. The average Bonchev–Trinajstić information content (AvgIpc) is 2.91. The van der Waals surface area contributed by atoms with Crippen LogP contribution in [0.5, 0.6) is 0 Å². The molecule has 2 amide bonds. The largest absolute Gasteiger partial charge is 0.357 e. The summed E-state index contributed by atoms with van der Waals surface area (Å²) in [7, 11) is -2.30. The van der Waals surface area contributed by atoms with Crippen LogP contribution < -0.4 is 9.62 Å². The number of carbonyl (C=O) groups excluding carboxylic acids is 2. The molecule has 10 heteroatoms. The molecule has 0 saturated heterocycles. The molecule has 0 unspecified atom stereocenters. The molecule has 7 nitrogen and oxygen atoms in total. The van der Waals surface area contributed by atoms with Gasteiger partial charge in [-0.05, 0) is 104 Å². The molecule has 0 aromatic heterocycles. The molecular weight excluding hydrogens is 581 g/mol. The standard InChI is InChI=1S/C31H39Cl2N3O4S/c1-4-28(30(38)34-2)35(18-23-5-8-25(32)14-27(23)33)29(37)19-36(41(3,39)40)26-9-6-24(7-10-26)31-15-20-11-21(16-31)13-22(12-20)17-31/h5-10,14,20-22,28H,4,11-13,15-19H2,1-3H3,(H,34,38)/t20?,21?,22?,28-,31?/m0/s1. The lowest BCUT2D eigenvalue weighted by Crippen LogP contribution is -2.51. The van der Waals surface area contributed by atoms with E-state index in [2.05, 4.69) is 17.4 Å². The molecule has 4 fully saturated rings. The Hall–Kier alpha value is -2.29. The highest BCUT2D eigenvalue weighted by atomic mass is 35.5. The lowest BCUT2D eigenvalue weighted by atomic mass is 9.48. The summed E-state index contributed by atoms with van der Waals surface area (Å²) >= 11 is 12.5. The number of sulfonamides is 1. The molecule has 1 atom stereocenters. The smallest absolute Gasteiger partial charge is 0.244 e. The molecule has 4 aliphatic rings. The summed E-state index contributed by atoms with van der Waals surface area (Å²) in [5.74, 6) is 1.58. The van der Waals surface area contributed by atoms with E-state index in [-0.39, 0.29) is 17.9 Å². The first-order valence-electron chi connectivity index (χ1n) is 14.5. The number of hydrogen-bond acceptors (Lipinski definition) is 4. The minimum atomic E-state index is -3.81. The zero-order valence-corrected chi connectivity index (χ0v) is 26.2. The van der Waals surface area contributed by atoms with E-state index in [0.717, 1.165) is 28.3 Å². The predicted octanol–water partition coefficient (Wildman–Crippen LogP) is 5.78. The first kappa shape index (κ1) is 30.2. The van der Waals surface area contributed by atoms with Gasteiger partial charge in [-0.1, -0.05) is 48.3 Å². The fraction of sp³-hybridized carbons (Fsp3) is 0.548. The highest BCUT2D eigenvalue weighted by Crippen LogP contribution is 2.60. The average molecular weight is 621 g/mol. The van der Waals surface area contributed by atoms with Crippen molar-refractivity contribution in [3.63, 3.8) is 0 Å². The summed E-state index contributed by atoms with van der Waals surface area (Å²) < 4.78 is 27.2. The topological polar surface area (TPSA) is 86.8 Å². The molecule has 0 aliphatic heterocycles. The van der Waals surface area contributed by atoms with Crippen LogP contribution >= 0.6 is 23.2 Å². The van der Waals surface area contributed by atoms with Crippen LogP contribution in [0.3, 0.4) is 0 Å². The molecule has 0 radical (unpaired) electrons. The predicted molar refractivity (Wildman–Crippen MR) is 164 cm³/mol. The van der Waals surface area contributed by atoms with Gasteiger partial charge in [-0.15, -0.1) is 0 Å². The Balaban J connectivity index is 1.41. The van der Waals surface area contributed by atoms with E-state index in [1.165, 1.54) is 56.0 Å². The van der Waals surface area contributed by atoms with E-state index >= 15 is 0 Å². The van der Waals surface area contributed by atoms with Crippen LogP contribution in [0.25, 0.3) is 0 Å². The van der Waals surface area contributed by atoms with Crippen molar-refractivity contribution < 1.29 is 18.0 Å². The maximum Gasteiger partial charge on any atom is 0.244 e. The Bertz CT molecular complexity index is 1380. The molecule has 4 bridgehead atoms. The fourth-order valence-corrected chi connectivity index (χ4v) is 9.30. The third-order valence-electron chi connectivity index (χ3n) is 9.47. The van der Waals surface area contributed by atoms with E-state index in [9.17, 15) is 18.0 Å². The van der Waals surface area contributed by atoms with Crippen LogP contribution in [0.4, 0.5) is 5.69 Å². The van der Waals surface area contributed by atoms with Crippen molar-refractivity contribution in [2.75, 3.05) is 24.2 Å². The second kappa shape index (κ2) is 11.8. The van der Waals surface area contributed by atoms with Crippen LogP contribution in [0.15, 0.2) is 42.5 Å². The Morgan fingerprint density at radius 1 is 1.00 bits per heavy atom. The molecule has 0 spiro atoms. The Kier molecular flexibility index (Phi) is 8.66. The van der Waals surface area contributed by atoms with E-state index in [0.29, 0.717) is 27.7 Å². The van der Waals surface area contributed by atoms with Gasteiger partial charge in [0.2, 0.25) is 21.8 Å². The van der Waals surface area contributed by atoms with Crippen molar-refractivity contribution in [3.8, 4) is 0 Å². The number of anilines is 1. The highest BCUT2D eigenvalue weighted by molar-refractivity contribution is 7.92. The molecule has 2 aromatic rings. The van der Waals surface area contributed by atoms with Gasteiger partial charge in [-0.3, -0.25) is 13.9 Å². The minimum absolute atomic E-state index is 0.0311. The quantitative estimate of drug-likeness (QED) is 0.365. The number of amides is 2. The number of benzene rings is 2. The summed E-state index contributed by atoms with van der Waals surface area (Å²) in [5.41, 5.74) is 2.52. The van der Waals surface area contributed by atoms with Crippen LogP contribution in [0, 0.1) is 17.8 Å². The third-order valence-corrected chi connectivity index (χ3v) is 11.2. The van der Waals surface area contributed by atoms with Gasteiger partial charge < -0.3 is 10.2 Å². The number of halogens is 2. The Morgan fingerprint density at radius 2 is 1.59 bits per heavy atom. The van der Waals surface area contributed by atoms with E-state index < -0.39 is 28.5 Å². The van der Waals surface area contributed by atoms with Crippen molar-refractivity contribution >= 4 is 50.7 Å². The summed E-state index contributed by atoms with van der Waals surface area (Å²) in [6.07, 6.45) is 9.15. The molecule has 222 valence electrons. The van der Waals surface area contributed by atoms with Crippen molar-refractivity contribution in [1.29, 1.82) is 0 Å². The van der Waals surface area contributed by atoms with Gasteiger partial charge in [0, 0.05) is 23.6 Å². The van der Waals surface area contributed by atoms with Crippen LogP contribution in [0.2, 0.25) is 10.0 Å². The maximum atomic E-state index is 13.8. The normalized spacial score (nSPS) is 25.5. The summed E-state index contributed by atoms with van der Waals surface area (Å²) in [6, 6.07) is 11.9. The van der Waals surface area contributed by atoms with Crippen LogP contribution in [0.1, 0.15) is 63.0 Å². The second-order valence-corrected chi connectivity index (χ2v) is 15.1. The van der Waals surface area contributed by atoms with Gasteiger partial charge in [0.15, 0.2) is 0 Å². The number of nitrogens with one attached hydrogen (secondary N) is 1. The Morgan fingerprint density at radius 3 is 2.07 bits per heavy atom. The molecule has 4 saturated carbocycles. The summed E-state index contributed by atoms with van der Waals surface area (Å²) in [6.45, 7) is 1.40. The van der Waals surface area contributed by atoms with Crippen LogP contribution in [-0.2, 0) is 31.6 Å². The number of rotatable bonds is 10. The van der Waals surface area contributed by atoms with Gasteiger partial charge >= 0.3 is 0 Å². The zero-order valence-electron chi connectivity index (χ0n) is 23.9. The van der Waals surface area contributed by atoms with Crippen molar-refractivity contribution in [2.24, 2.45) is 17.8 Å². The lowest BCUT2D eigenvalue weighted by molar-refractivity contribution is -0.140. The molecule has 0 heterocycles. The summed E-state index contributed by atoms with van der Waals surface area (Å²) in [4.78, 5) is 28.0. The number of hydrogen-bond donors (Lipinski definition) is 1. The number of likely N-dealkylation sites (N-methyl/N-ethyl adjacent to an activating group) is 1. The number of carbonyl (C=O) groups is 2. The molecule has 6 rings (SSSR count). The fourth-order valence-electron chi connectivity index (χ4n) is 7.98. The van der Waals surface area contributed by atoms with Gasteiger partial charge in [0.05, 0.1) is 11.9 Å². The zero-order chi connectivity index (χ0) is 29.5. The molecular formula is C31H39Cl2N3O4S. The third kappa shape index (κ3) is 6.25. The van der Waals surface area contributed by atoms with Gasteiger partial charge in [0.25, 0.3) is 0 Å². The van der Waals surface area contributed by atoms with Gasteiger partial charge in [-0.2, -0.15) is 0 Å². The monoisotopic (exact) mass is 619 g/mol. The first-order chi connectivity index (χ1) is 19.4. The van der Waals surface area contributed by atoms with Crippen LogP contribution in [-0.4, -0.2) is 51.0 Å². The van der Waals surface area contributed by atoms with Gasteiger partial charge in [0.1, 0.15) is 12.6 Å². The molecule has 4 aliphatic carbocycles. The molecule has 2 aromatic carbocycles. The van der Waals surface area contributed by atoms with E-state index in [1.54, 1.807) is 25.1 Å². The molecule has 1 N–H and O–H groups in total. The van der Waals surface area contributed by atoms with E-state index in [4.69, 9.17) is 23.2 Å². The summed E-state index contributed by atoms with van der Waals surface area (Å²) in [5, 5.41) is 3.43. The SMILES string of the molecule is CC[C@@H](C(=O)NC)N(Cc1ccc(Cl)cc1Cl)C(=O)CN(c1ccc(C23CC4CC(CC(C4)C2)C3)cc1)S(C)(=O)=O. The highest BCUT2D eigenvalue weighted by Gasteiger charge is 2.51. The van der Waals surface area contributed by atoms with Crippen molar-refractivity contribution in [1.82, 2.24) is 10.2 Å². The van der Waals surface area contributed by atoms with E-state index in [1.807, 2.05) is 12.1 Å². The van der Waals surface area contributed by atoms with Crippen molar-refractivity contribution in [2.45, 2.75) is 69.9 Å². The maximum absolute atomic E-state index is 13.8. The second-order valence-electron chi connectivity index (χ2n) is 12.3. The van der Waals surface area contributed by atoms with Crippen molar-refractivity contribution in [3.05, 3.63) is 63.6 Å². The minimum Gasteiger partial charge on any atom is -0.357 e.